The standard InChI is InChI=1S/C14H20N2O2/c1-11(15-2)14(9-10-14)8-7-12-5-3-4-6-13(12)16(17)18/h3-6,11,15H,7-10H2,1-2H3. The van der Waals surface area contributed by atoms with Crippen molar-refractivity contribution in [2.75, 3.05) is 7.05 Å². The van der Waals surface area contributed by atoms with Gasteiger partial charge in [0.2, 0.25) is 0 Å². The van der Waals surface area contributed by atoms with Crippen LogP contribution in [0.4, 0.5) is 5.69 Å². The molecule has 4 heteroatoms. The molecule has 0 radical (unpaired) electrons. The molecule has 1 unspecified atom stereocenters. The normalized spacial score (nSPS) is 18.3. The lowest BCUT2D eigenvalue weighted by Crippen LogP contribution is -2.32. The highest BCUT2D eigenvalue weighted by molar-refractivity contribution is 5.40. The number of nitro benzene ring substituents is 1. The van der Waals surface area contributed by atoms with E-state index in [9.17, 15) is 10.1 Å². The quantitative estimate of drug-likeness (QED) is 0.622. The van der Waals surface area contributed by atoms with Crippen LogP contribution in [0.5, 0.6) is 0 Å². The Bertz CT molecular complexity index is 441. The van der Waals surface area contributed by atoms with Gasteiger partial charge in [0.05, 0.1) is 4.92 Å². The van der Waals surface area contributed by atoms with Crippen LogP contribution in [0, 0.1) is 15.5 Å². The lowest BCUT2D eigenvalue weighted by Gasteiger charge is -2.22. The van der Waals surface area contributed by atoms with E-state index in [1.54, 1.807) is 12.1 Å². The second-order valence-corrected chi connectivity index (χ2v) is 5.26. The molecule has 0 saturated heterocycles. The third-order valence-electron chi connectivity index (χ3n) is 4.32. The Hall–Kier alpha value is -1.42. The van der Waals surface area contributed by atoms with Crippen LogP contribution in [0.3, 0.4) is 0 Å². The molecule has 1 atom stereocenters. The van der Waals surface area contributed by atoms with Crippen LogP contribution in [0.15, 0.2) is 24.3 Å². The van der Waals surface area contributed by atoms with Gasteiger partial charge < -0.3 is 5.32 Å². The van der Waals surface area contributed by atoms with E-state index < -0.39 is 0 Å². The van der Waals surface area contributed by atoms with Gasteiger partial charge in [-0.25, -0.2) is 0 Å². The number of nitrogens with one attached hydrogen (secondary N) is 1. The van der Waals surface area contributed by atoms with Crippen molar-refractivity contribution in [3.05, 3.63) is 39.9 Å². The van der Waals surface area contributed by atoms with Gasteiger partial charge in [-0.3, -0.25) is 10.1 Å². The number of aryl methyl sites for hydroxylation is 1. The number of hydrogen-bond acceptors (Lipinski definition) is 3. The highest BCUT2D eigenvalue weighted by atomic mass is 16.6. The predicted octanol–water partition coefficient (Wildman–Crippen LogP) is 2.92. The third kappa shape index (κ3) is 2.53. The molecule has 0 aromatic heterocycles. The number of para-hydroxylation sites is 1. The molecule has 0 spiro atoms. The molecule has 1 saturated carbocycles. The minimum absolute atomic E-state index is 0.255. The molecule has 1 aliphatic rings. The highest BCUT2D eigenvalue weighted by Gasteiger charge is 2.46. The Morgan fingerprint density at radius 3 is 2.67 bits per heavy atom. The van der Waals surface area contributed by atoms with E-state index >= 15 is 0 Å². The van der Waals surface area contributed by atoms with Crippen LogP contribution in [0.25, 0.3) is 0 Å². The zero-order valence-corrected chi connectivity index (χ0v) is 11.0. The Morgan fingerprint density at radius 2 is 2.11 bits per heavy atom. The first-order valence-corrected chi connectivity index (χ1v) is 6.49. The fraction of sp³-hybridized carbons (Fsp3) is 0.571. The van der Waals surface area contributed by atoms with Gasteiger partial charge in [-0.1, -0.05) is 18.2 Å². The van der Waals surface area contributed by atoms with E-state index in [1.165, 1.54) is 12.8 Å². The maximum absolute atomic E-state index is 10.9. The van der Waals surface area contributed by atoms with Crippen molar-refractivity contribution in [1.82, 2.24) is 5.32 Å². The minimum atomic E-state index is -0.281. The molecule has 1 aromatic rings. The average Bonchev–Trinajstić information content (AvgIpc) is 3.17. The zero-order valence-electron chi connectivity index (χ0n) is 11.0. The second kappa shape index (κ2) is 5.06. The van der Waals surface area contributed by atoms with Crippen molar-refractivity contribution in [2.24, 2.45) is 5.41 Å². The Balaban J connectivity index is 2.05. The van der Waals surface area contributed by atoms with E-state index in [2.05, 4.69) is 12.2 Å². The van der Waals surface area contributed by atoms with Crippen LogP contribution in [0.1, 0.15) is 31.7 Å². The molecule has 0 aliphatic heterocycles. The number of hydrogen-bond donors (Lipinski definition) is 1. The predicted molar refractivity (Wildman–Crippen MR) is 71.6 cm³/mol. The van der Waals surface area contributed by atoms with Gasteiger partial charge in [-0.05, 0) is 45.1 Å². The lowest BCUT2D eigenvalue weighted by atomic mass is 9.90. The first-order valence-electron chi connectivity index (χ1n) is 6.49. The molecule has 1 aliphatic carbocycles. The van der Waals surface area contributed by atoms with Crippen molar-refractivity contribution in [2.45, 2.75) is 38.6 Å². The summed E-state index contributed by atoms with van der Waals surface area (Å²) in [5.74, 6) is 0. The minimum Gasteiger partial charge on any atom is -0.317 e. The van der Waals surface area contributed by atoms with Crippen molar-refractivity contribution in [3.8, 4) is 0 Å². The molecule has 1 fully saturated rings. The van der Waals surface area contributed by atoms with Gasteiger partial charge in [0, 0.05) is 17.7 Å². The Morgan fingerprint density at radius 1 is 1.44 bits per heavy atom. The van der Waals surface area contributed by atoms with Gasteiger partial charge >= 0.3 is 0 Å². The molecule has 0 heterocycles. The summed E-state index contributed by atoms with van der Waals surface area (Å²) in [6.45, 7) is 2.20. The summed E-state index contributed by atoms with van der Waals surface area (Å²) < 4.78 is 0. The molecule has 1 aromatic carbocycles. The first kappa shape index (κ1) is 13.0. The Kier molecular flexibility index (Phi) is 3.66. The fourth-order valence-electron chi connectivity index (χ4n) is 2.65. The number of rotatable bonds is 6. The van der Waals surface area contributed by atoms with Crippen molar-refractivity contribution in [1.29, 1.82) is 0 Å². The van der Waals surface area contributed by atoms with Crippen molar-refractivity contribution >= 4 is 5.69 Å². The molecule has 18 heavy (non-hydrogen) atoms. The summed E-state index contributed by atoms with van der Waals surface area (Å²) in [6.07, 6.45) is 4.29. The van der Waals surface area contributed by atoms with E-state index in [0.717, 1.165) is 18.4 Å². The molecule has 0 bridgehead atoms. The van der Waals surface area contributed by atoms with Crippen LogP contribution < -0.4 is 5.32 Å². The lowest BCUT2D eigenvalue weighted by molar-refractivity contribution is -0.385. The van der Waals surface area contributed by atoms with Gasteiger partial charge in [0.1, 0.15) is 0 Å². The van der Waals surface area contributed by atoms with Gasteiger partial charge in [-0.2, -0.15) is 0 Å². The van der Waals surface area contributed by atoms with Crippen LogP contribution in [-0.2, 0) is 6.42 Å². The largest absolute Gasteiger partial charge is 0.317 e. The topological polar surface area (TPSA) is 55.2 Å². The SMILES string of the molecule is CNC(C)C1(CCc2ccccc2[N+](=O)[O-])CC1. The van der Waals surface area contributed by atoms with Crippen molar-refractivity contribution in [3.63, 3.8) is 0 Å². The fourth-order valence-corrected chi connectivity index (χ4v) is 2.65. The summed E-state index contributed by atoms with van der Waals surface area (Å²) in [4.78, 5) is 10.7. The van der Waals surface area contributed by atoms with E-state index in [1.807, 2.05) is 19.2 Å². The zero-order chi connectivity index (χ0) is 13.2. The summed E-state index contributed by atoms with van der Waals surface area (Å²) in [5.41, 5.74) is 1.47. The maximum atomic E-state index is 10.9. The monoisotopic (exact) mass is 248 g/mol. The molecule has 1 N–H and O–H groups in total. The summed E-state index contributed by atoms with van der Waals surface area (Å²) >= 11 is 0. The number of benzene rings is 1. The summed E-state index contributed by atoms with van der Waals surface area (Å²) in [5, 5.41) is 14.3. The van der Waals surface area contributed by atoms with Crippen LogP contribution in [0.2, 0.25) is 0 Å². The van der Waals surface area contributed by atoms with E-state index in [4.69, 9.17) is 0 Å². The van der Waals surface area contributed by atoms with Gasteiger partial charge in [0.25, 0.3) is 5.69 Å². The highest BCUT2D eigenvalue weighted by Crippen LogP contribution is 2.52. The Labute approximate surface area is 108 Å². The molecule has 98 valence electrons. The molecule has 2 rings (SSSR count). The molecule has 4 nitrogen and oxygen atoms in total. The van der Waals surface area contributed by atoms with Crippen molar-refractivity contribution < 1.29 is 4.92 Å². The van der Waals surface area contributed by atoms with Crippen LogP contribution >= 0.6 is 0 Å². The third-order valence-corrected chi connectivity index (χ3v) is 4.32. The molecular weight excluding hydrogens is 228 g/mol. The second-order valence-electron chi connectivity index (χ2n) is 5.26. The van der Waals surface area contributed by atoms with Gasteiger partial charge in [-0.15, -0.1) is 0 Å². The smallest absolute Gasteiger partial charge is 0.272 e. The van der Waals surface area contributed by atoms with E-state index in [-0.39, 0.29) is 10.6 Å². The number of nitrogens with zero attached hydrogens (tertiary/aromatic N) is 1. The molecular formula is C14H20N2O2. The summed E-state index contributed by atoms with van der Waals surface area (Å²) in [6, 6.07) is 7.56. The molecule has 0 amide bonds. The number of nitro groups is 1. The van der Waals surface area contributed by atoms with E-state index in [0.29, 0.717) is 11.5 Å². The average molecular weight is 248 g/mol. The van der Waals surface area contributed by atoms with Gasteiger partial charge in [0.15, 0.2) is 0 Å². The maximum Gasteiger partial charge on any atom is 0.272 e. The summed E-state index contributed by atoms with van der Waals surface area (Å²) in [7, 11) is 1.98. The van der Waals surface area contributed by atoms with Crippen LogP contribution in [-0.4, -0.2) is 18.0 Å². The first-order chi connectivity index (χ1) is 8.59.